The van der Waals surface area contributed by atoms with Gasteiger partial charge in [0, 0.05) is 54.2 Å². The molecule has 12 rings (SSSR count). The van der Waals surface area contributed by atoms with E-state index in [1.807, 2.05) is 24.3 Å². The van der Waals surface area contributed by atoms with Crippen molar-refractivity contribution in [2.24, 2.45) is 0 Å². The third kappa shape index (κ3) is 3.22. The lowest BCUT2D eigenvalue weighted by Crippen LogP contribution is -1.99. The maximum absolute atomic E-state index is 5.50. The third-order valence-corrected chi connectivity index (χ3v) is 10.4. The normalized spacial score (nSPS) is 12.4. The van der Waals surface area contributed by atoms with Crippen molar-refractivity contribution in [2.75, 3.05) is 0 Å². The largest absolute Gasteiger partial charge is 0.275 e. The van der Waals surface area contributed by atoms with Gasteiger partial charge in [-0.1, -0.05) is 121 Å². The van der Waals surface area contributed by atoms with E-state index in [0.717, 1.165) is 99.5 Å². The van der Waals surface area contributed by atoms with Gasteiger partial charge in [0.1, 0.15) is 22.9 Å². The average molecular weight is 637 g/mol. The number of hydrogen-bond donors (Lipinski definition) is 0. The Morgan fingerprint density at radius 1 is 0.320 bits per heavy atom. The van der Waals surface area contributed by atoms with Crippen molar-refractivity contribution in [1.29, 1.82) is 0 Å². The zero-order valence-corrected chi connectivity index (χ0v) is 26.5. The molecule has 0 fully saturated rings. The highest BCUT2D eigenvalue weighted by Crippen LogP contribution is 2.46. The first-order valence-electron chi connectivity index (χ1n) is 16.8. The van der Waals surface area contributed by atoms with Crippen molar-refractivity contribution in [3.05, 3.63) is 146 Å². The molecule has 12 aromatic rings. The van der Waals surface area contributed by atoms with E-state index in [4.69, 9.17) is 19.9 Å². The van der Waals surface area contributed by atoms with Crippen LogP contribution in [0.15, 0.2) is 146 Å². The molecular weight excluding hydrogens is 613 g/mol. The molecule has 6 heteroatoms. The Morgan fingerprint density at radius 2 is 0.700 bits per heavy atom. The van der Waals surface area contributed by atoms with Crippen LogP contribution < -0.4 is 0 Å². The summed E-state index contributed by atoms with van der Waals surface area (Å²) in [6.45, 7) is 0. The van der Waals surface area contributed by atoms with Crippen molar-refractivity contribution in [3.8, 4) is 22.8 Å². The topological polar surface area (TPSA) is 60.4 Å². The molecule has 0 unspecified atom stereocenters. The van der Waals surface area contributed by atoms with Crippen LogP contribution in [0.25, 0.3) is 110 Å². The molecule has 8 aromatic carbocycles. The molecule has 0 bridgehead atoms. The summed E-state index contributed by atoms with van der Waals surface area (Å²) in [4.78, 5) is 21.5. The minimum atomic E-state index is 0.875. The van der Waals surface area contributed by atoms with Crippen LogP contribution in [0.5, 0.6) is 0 Å². The highest BCUT2D eigenvalue weighted by molar-refractivity contribution is 6.39. The fourth-order valence-corrected chi connectivity index (χ4v) is 8.33. The Morgan fingerprint density at radius 3 is 1.16 bits per heavy atom. The Hall–Kier alpha value is -6.92. The molecule has 0 radical (unpaired) electrons. The molecule has 0 N–H and O–H groups in total. The van der Waals surface area contributed by atoms with Crippen molar-refractivity contribution in [3.63, 3.8) is 0 Å². The van der Waals surface area contributed by atoms with Gasteiger partial charge in [-0.2, -0.15) is 0 Å². The van der Waals surface area contributed by atoms with Gasteiger partial charge in [0.2, 0.25) is 0 Å². The van der Waals surface area contributed by atoms with Crippen LogP contribution in [0.1, 0.15) is 0 Å². The standard InChI is InChI=1S/C44H24N6/c1-3-13-25(14-4-1)41-45-33-23-9-7-17-27(33)43-47-37-29-19-12-22-32-36(29)35-30(20-11-21-31(35)39(37)49(41)43)38-40(32)50-42(26-15-5-2-6-16-26)46-34-24-10-8-18-28(34)44(50)48-38/h1-24H. The van der Waals surface area contributed by atoms with Gasteiger partial charge < -0.3 is 0 Å². The Balaban J connectivity index is 1.36. The molecule has 0 amide bonds. The van der Waals surface area contributed by atoms with E-state index in [1.54, 1.807) is 0 Å². The number of benzene rings is 8. The highest BCUT2D eigenvalue weighted by Gasteiger charge is 2.26. The quantitative estimate of drug-likeness (QED) is 0.177. The lowest BCUT2D eigenvalue weighted by atomic mass is 9.91. The van der Waals surface area contributed by atoms with Crippen LogP contribution in [0.2, 0.25) is 0 Å². The van der Waals surface area contributed by atoms with Gasteiger partial charge in [-0.15, -0.1) is 0 Å². The number of imidazole rings is 2. The second kappa shape index (κ2) is 9.36. The van der Waals surface area contributed by atoms with Crippen LogP contribution in [-0.4, -0.2) is 28.7 Å². The van der Waals surface area contributed by atoms with E-state index in [0.29, 0.717) is 0 Å². The zero-order valence-electron chi connectivity index (χ0n) is 26.5. The Bertz CT molecular complexity index is 3130. The minimum Gasteiger partial charge on any atom is -0.275 e. The van der Waals surface area contributed by atoms with Gasteiger partial charge in [0.15, 0.2) is 0 Å². The van der Waals surface area contributed by atoms with Crippen molar-refractivity contribution < 1.29 is 0 Å². The van der Waals surface area contributed by atoms with Crippen LogP contribution in [-0.2, 0) is 0 Å². The SMILES string of the molecule is c1ccc(-c2nc3ccccc3c3nc4c5cccc6c5c5c(cccc5c4n23)c2nc3c4ccccc4nc(-c4ccccc4)n3c62)cc1. The molecule has 0 saturated heterocycles. The summed E-state index contributed by atoms with van der Waals surface area (Å²) >= 11 is 0. The lowest BCUT2D eigenvalue weighted by Gasteiger charge is -2.15. The number of para-hydroxylation sites is 2. The predicted octanol–water partition coefficient (Wildman–Crippen LogP) is 10.6. The summed E-state index contributed by atoms with van der Waals surface area (Å²) in [5.41, 5.74) is 9.79. The maximum Gasteiger partial charge on any atom is 0.149 e. The average Bonchev–Trinajstić information content (AvgIpc) is 3.79. The van der Waals surface area contributed by atoms with E-state index in [1.165, 1.54) is 10.8 Å². The third-order valence-electron chi connectivity index (χ3n) is 10.4. The number of hydrogen-bond acceptors (Lipinski definition) is 4. The second-order valence-corrected chi connectivity index (χ2v) is 13.0. The van der Waals surface area contributed by atoms with Gasteiger partial charge in [-0.3, -0.25) is 8.80 Å². The molecule has 0 aliphatic carbocycles. The van der Waals surface area contributed by atoms with Crippen molar-refractivity contribution in [2.45, 2.75) is 0 Å². The summed E-state index contributed by atoms with van der Waals surface area (Å²) in [5.74, 6) is 1.75. The van der Waals surface area contributed by atoms with Crippen LogP contribution in [0, 0.1) is 0 Å². The van der Waals surface area contributed by atoms with Crippen molar-refractivity contribution >= 4 is 87.5 Å². The van der Waals surface area contributed by atoms with E-state index in [-0.39, 0.29) is 0 Å². The molecule has 0 aliphatic heterocycles. The fraction of sp³-hybridized carbons (Fsp3) is 0. The minimum absolute atomic E-state index is 0.875. The molecule has 0 atom stereocenters. The molecular formula is C44H24N6. The first-order valence-corrected chi connectivity index (χ1v) is 16.8. The molecule has 4 aromatic heterocycles. The number of nitrogens with zero attached hydrogens (tertiary/aromatic N) is 6. The van der Waals surface area contributed by atoms with Crippen molar-refractivity contribution in [1.82, 2.24) is 28.7 Å². The molecule has 6 nitrogen and oxygen atoms in total. The van der Waals surface area contributed by atoms with Crippen LogP contribution in [0.3, 0.4) is 0 Å². The van der Waals surface area contributed by atoms with Gasteiger partial charge >= 0.3 is 0 Å². The van der Waals surface area contributed by atoms with Gasteiger partial charge in [-0.05, 0) is 24.3 Å². The first-order chi connectivity index (χ1) is 24.8. The predicted molar refractivity (Wildman–Crippen MR) is 204 cm³/mol. The number of rotatable bonds is 2. The second-order valence-electron chi connectivity index (χ2n) is 13.0. The molecule has 230 valence electrons. The number of fused-ring (bicyclic) bond motifs is 14. The summed E-state index contributed by atoms with van der Waals surface area (Å²) < 4.78 is 4.56. The van der Waals surface area contributed by atoms with Gasteiger partial charge in [-0.25, -0.2) is 19.9 Å². The summed E-state index contributed by atoms with van der Waals surface area (Å²) in [5, 5.41) is 8.92. The first kappa shape index (κ1) is 26.1. The van der Waals surface area contributed by atoms with Gasteiger partial charge in [0.25, 0.3) is 0 Å². The lowest BCUT2D eigenvalue weighted by molar-refractivity contribution is 1.16. The van der Waals surface area contributed by atoms with Crippen LogP contribution >= 0.6 is 0 Å². The molecule has 0 spiro atoms. The molecule has 0 aliphatic rings. The smallest absolute Gasteiger partial charge is 0.149 e. The van der Waals surface area contributed by atoms with E-state index < -0.39 is 0 Å². The molecule has 4 heterocycles. The highest BCUT2D eigenvalue weighted by atomic mass is 15.1. The zero-order chi connectivity index (χ0) is 32.5. The number of aromatic nitrogens is 6. The summed E-state index contributed by atoms with van der Waals surface area (Å²) in [7, 11) is 0. The monoisotopic (exact) mass is 636 g/mol. The van der Waals surface area contributed by atoms with E-state index in [9.17, 15) is 0 Å². The van der Waals surface area contributed by atoms with Gasteiger partial charge in [0.05, 0.1) is 33.1 Å². The molecule has 50 heavy (non-hydrogen) atoms. The van der Waals surface area contributed by atoms with E-state index in [2.05, 4.69) is 130 Å². The fourth-order valence-electron chi connectivity index (χ4n) is 8.33. The Kier molecular flexibility index (Phi) is 4.89. The maximum atomic E-state index is 5.50. The summed E-state index contributed by atoms with van der Waals surface area (Å²) in [6, 6.07) is 50.8. The Labute approximate surface area is 283 Å². The van der Waals surface area contributed by atoms with E-state index >= 15 is 0 Å². The summed E-state index contributed by atoms with van der Waals surface area (Å²) in [6.07, 6.45) is 0. The molecule has 0 saturated carbocycles. The van der Waals surface area contributed by atoms with Crippen LogP contribution in [0.4, 0.5) is 0 Å².